The number of ether oxygens (including phenoxy) is 1. The van der Waals surface area contributed by atoms with Crippen molar-refractivity contribution in [3.8, 4) is 0 Å². The van der Waals surface area contributed by atoms with Gasteiger partial charge < -0.3 is 36.2 Å². The van der Waals surface area contributed by atoms with Crippen LogP contribution >= 0.6 is 0 Å². The summed E-state index contributed by atoms with van der Waals surface area (Å²) in [4.78, 5) is 61.2. The molecule has 0 aromatic heterocycles. The van der Waals surface area contributed by atoms with Gasteiger partial charge in [-0.1, -0.05) is 67.7 Å². The van der Waals surface area contributed by atoms with E-state index in [1.165, 1.54) is 0 Å². The van der Waals surface area contributed by atoms with Crippen molar-refractivity contribution in [2.75, 3.05) is 13.1 Å². The van der Waals surface area contributed by atoms with Gasteiger partial charge in [0.15, 0.2) is 18.3 Å². The number of hydrogen-bond donors (Lipinski definition) is 6. The molecular weight excluding hydrogens is 520 g/mol. The number of rotatable bonds is 9. The predicted octanol–water partition coefficient (Wildman–Crippen LogP) is -0.399. The maximum absolute atomic E-state index is 12.8. The predicted molar refractivity (Wildman–Crippen MR) is 146 cm³/mol. The average molecular weight is 559 g/mol. The molecule has 0 saturated carbocycles. The largest absolute Gasteiger partial charge is 0.457 e. The van der Waals surface area contributed by atoms with E-state index in [4.69, 9.17) is 4.74 Å². The number of amides is 4. The molecular formula is C28H38N4O8. The van der Waals surface area contributed by atoms with Crippen LogP contribution in [0.4, 0.5) is 0 Å². The first-order valence-corrected chi connectivity index (χ1v) is 13.2. The van der Waals surface area contributed by atoms with E-state index in [0.717, 1.165) is 19.3 Å². The molecule has 2 fully saturated rings. The highest BCUT2D eigenvalue weighted by Crippen LogP contribution is 2.19. The quantitative estimate of drug-likeness (QED) is 0.125. The van der Waals surface area contributed by atoms with Crippen LogP contribution in [0.3, 0.4) is 0 Å². The lowest BCUT2D eigenvalue weighted by molar-refractivity contribution is -0.151. The Labute approximate surface area is 233 Å². The Balaban J connectivity index is 2.03. The van der Waals surface area contributed by atoms with Crippen molar-refractivity contribution in [3.05, 3.63) is 60.8 Å². The fourth-order valence-corrected chi connectivity index (χ4v) is 3.82. The van der Waals surface area contributed by atoms with Crippen LogP contribution in [0.25, 0.3) is 0 Å². The number of aliphatic hydroxyl groups excluding tert-OH is 2. The van der Waals surface area contributed by atoms with Gasteiger partial charge in [0.25, 0.3) is 11.8 Å². The summed E-state index contributed by atoms with van der Waals surface area (Å²) in [6, 6.07) is -2.19. The van der Waals surface area contributed by atoms with Crippen LogP contribution < -0.4 is 21.3 Å². The third kappa shape index (κ3) is 11.4. The van der Waals surface area contributed by atoms with E-state index in [2.05, 4.69) is 40.3 Å². The van der Waals surface area contributed by atoms with Crippen molar-refractivity contribution in [2.45, 2.75) is 69.4 Å². The van der Waals surface area contributed by atoms with Crippen LogP contribution in [0.15, 0.2) is 60.8 Å². The third-order valence-corrected chi connectivity index (χ3v) is 5.94. The molecule has 5 atom stereocenters. The number of allylic oxidation sites excluding steroid dienone is 9. The normalized spacial score (nSPS) is 27.5. The first-order chi connectivity index (χ1) is 19.2. The summed E-state index contributed by atoms with van der Waals surface area (Å²) in [6.07, 6.45) is 16.5. The highest BCUT2D eigenvalue weighted by atomic mass is 16.6. The third-order valence-electron chi connectivity index (χ3n) is 5.94. The number of unbranched alkanes of at least 4 members (excludes halogenated alkanes) is 1. The monoisotopic (exact) mass is 558 g/mol. The van der Waals surface area contributed by atoms with E-state index in [1.807, 2.05) is 30.4 Å². The lowest BCUT2D eigenvalue weighted by atomic mass is 10.0. The highest BCUT2D eigenvalue weighted by molar-refractivity contribution is 5.91. The highest BCUT2D eigenvalue weighted by Gasteiger charge is 2.44. The van der Waals surface area contributed by atoms with Gasteiger partial charge in [-0.2, -0.15) is 0 Å². The Morgan fingerprint density at radius 2 is 1.38 bits per heavy atom. The maximum atomic E-state index is 12.8. The average Bonchev–Trinajstić information content (AvgIpc) is 3.30. The van der Waals surface area contributed by atoms with Crippen molar-refractivity contribution >= 4 is 29.6 Å². The zero-order valence-corrected chi connectivity index (χ0v) is 22.5. The Hall–Kier alpha value is -4.03. The van der Waals surface area contributed by atoms with Gasteiger partial charge in [0.2, 0.25) is 11.8 Å². The van der Waals surface area contributed by atoms with Crippen LogP contribution in [0, 0.1) is 0 Å². The van der Waals surface area contributed by atoms with E-state index in [0.29, 0.717) is 0 Å². The number of carbonyl (C=O) groups excluding carboxylic acids is 5. The van der Waals surface area contributed by atoms with E-state index in [1.54, 1.807) is 18.2 Å². The SMILES string of the molecule is CC/C=C/C=C/CC/C=C/C=C/C=C/CC1NC(=O)CNC(=O)CNC(=O)C(O)C2OC(=O)CC2NC(=O)C1O. The minimum Gasteiger partial charge on any atom is -0.457 e. The minimum absolute atomic E-state index is 0.0601. The molecule has 2 heterocycles. The number of carbonyl (C=O) groups is 5. The molecule has 5 unspecified atom stereocenters. The molecule has 12 nitrogen and oxygen atoms in total. The van der Waals surface area contributed by atoms with Gasteiger partial charge in [0.1, 0.15) is 0 Å². The molecule has 4 amide bonds. The molecule has 2 aliphatic rings. The Kier molecular flexibility index (Phi) is 14.1. The summed E-state index contributed by atoms with van der Waals surface area (Å²) in [7, 11) is 0. The zero-order valence-electron chi connectivity index (χ0n) is 22.5. The second-order valence-corrected chi connectivity index (χ2v) is 9.15. The summed E-state index contributed by atoms with van der Waals surface area (Å²) in [5.41, 5.74) is 0. The molecule has 218 valence electrons. The van der Waals surface area contributed by atoms with Gasteiger partial charge >= 0.3 is 5.97 Å². The second-order valence-electron chi connectivity index (χ2n) is 9.15. The molecule has 0 spiro atoms. The van der Waals surface area contributed by atoms with E-state index < -0.39 is 73.1 Å². The molecule has 2 aliphatic heterocycles. The number of esters is 1. The summed E-state index contributed by atoms with van der Waals surface area (Å²) in [5, 5.41) is 30.4. The Bertz CT molecular complexity index is 1050. The van der Waals surface area contributed by atoms with E-state index in [-0.39, 0.29) is 12.8 Å². The van der Waals surface area contributed by atoms with Gasteiger partial charge in [0.05, 0.1) is 31.6 Å². The molecule has 0 bridgehead atoms. The summed E-state index contributed by atoms with van der Waals surface area (Å²) < 4.78 is 4.99. The van der Waals surface area contributed by atoms with Crippen LogP contribution in [0.1, 0.15) is 39.0 Å². The van der Waals surface area contributed by atoms with Gasteiger partial charge in [-0.15, -0.1) is 0 Å². The number of fused-ring (bicyclic) bond motifs is 1. The fourth-order valence-electron chi connectivity index (χ4n) is 3.82. The summed E-state index contributed by atoms with van der Waals surface area (Å²) in [5.74, 6) is -4.08. The van der Waals surface area contributed by atoms with Crippen molar-refractivity contribution in [1.29, 1.82) is 0 Å². The maximum Gasteiger partial charge on any atom is 0.308 e. The molecule has 0 aliphatic carbocycles. The van der Waals surface area contributed by atoms with Gasteiger partial charge in [0, 0.05) is 0 Å². The smallest absolute Gasteiger partial charge is 0.308 e. The van der Waals surface area contributed by atoms with Gasteiger partial charge in [-0.25, -0.2) is 0 Å². The van der Waals surface area contributed by atoms with Crippen LogP contribution in [-0.4, -0.2) is 83.3 Å². The first kappa shape index (κ1) is 32.2. The van der Waals surface area contributed by atoms with Crippen molar-refractivity contribution in [1.82, 2.24) is 21.3 Å². The zero-order chi connectivity index (χ0) is 29.3. The standard InChI is InChI=1S/C28H38N4O8/c1-2-3-4-5-6-7-8-9-10-11-12-13-14-15-19-24(36)28(39)32-20-16-23(35)40-26(20)25(37)27(38)30-17-21(33)29-18-22(34)31-19/h3-6,9-14,19-20,24-26,36-37H,2,7-8,15-18H2,1H3,(H,29,33)(H,30,38)(H,31,34)(H,32,39)/b4-3+,6-5+,10-9+,12-11+,14-13+. The molecule has 40 heavy (non-hydrogen) atoms. The lowest BCUT2D eigenvalue weighted by Gasteiger charge is -2.26. The van der Waals surface area contributed by atoms with E-state index in [9.17, 15) is 34.2 Å². The number of aliphatic hydroxyl groups is 2. The molecule has 0 radical (unpaired) electrons. The van der Waals surface area contributed by atoms with Crippen LogP contribution in [0.2, 0.25) is 0 Å². The van der Waals surface area contributed by atoms with Gasteiger partial charge in [-0.05, 0) is 25.7 Å². The molecule has 0 aromatic carbocycles. The molecule has 12 heteroatoms. The first-order valence-electron chi connectivity index (χ1n) is 13.2. The van der Waals surface area contributed by atoms with Crippen LogP contribution in [-0.2, 0) is 28.7 Å². The van der Waals surface area contributed by atoms with Gasteiger partial charge in [-0.3, -0.25) is 24.0 Å². The number of nitrogens with one attached hydrogen (secondary N) is 4. The number of hydrogen-bond acceptors (Lipinski definition) is 8. The minimum atomic E-state index is -1.87. The van der Waals surface area contributed by atoms with Crippen molar-refractivity contribution in [3.63, 3.8) is 0 Å². The van der Waals surface area contributed by atoms with E-state index >= 15 is 0 Å². The van der Waals surface area contributed by atoms with Crippen molar-refractivity contribution in [2.24, 2.45) is 0 Å². The fraction of sp³-hybridized carbons (Fsp3) is 0.464. The molecule has 2 saturated heterocycles. The van der Waals surface area contributed by atoms with Crippen LogP contribution in [0.5, 0.6) is 0 Å². The summed E-state index contributed by atoms with van der Waals surface area (Å²) in [6.45, 7) is 1.07. The molecule has 2 rings (SSSR count). The molecule has 6 N–H and O–H groups in total. The van der Waals surface area contributed by atoms with Crippen molar-refractivity contribution < 1.29 is 38.9 Å². The topological polar surface area (TPSA) is 183 Å². The molecule has 0 aromatic rings. The Morgan fingerprint density at radius 3 is 2.08 bits per heavy atom. The summed E-state index contributed by atoms with van der Waals surface area (Å²) >= 11 is 0. The second kappa shape index (κ2) is 17.5. The Morgan fingerprint density at radius 1 is 0.750 bits per heavy atom. The lowest BCUT2D eigenvalue weighted by Crippen LogP contribution is -2.56.